The summed E-state index contributed by atoms with van der Waals surface area (Å²) < 4.78 is 1.45. The second-order valence-electron chi connectivity index (χ2n) is 11.2. The fourth-order valence-electron chi connectivity index (χ4n) is 5.33. The van der Waals surface area contributed by atoms with Crippen LogP contribution in [-0.2, 0) is 11.3 Å². The van der Waals surface area contributed by atoms with Gasteiger partial charge in [-0.3, -0.25) is 14.4 Å². The van der Waals surface area contributed by atoms with E-state index in [1.807, 2.05) is 65.6 Å². The number of nitrogens with zero attached hydrogens (tertiary/aromatic N) is 2. The zero-order valence-electron chi connectivity index (χ0n) is 22.5. The molecule has 2 N–H and O–H groups in total. The number of benzene rings is 2. The Morgan fingerprint density at radius 1 is 1.03 bits per heavy atom. The molecule has 2 aliphatic rings. The Balaban J connectivity index is 1.28. The summed E-state index contributed by atoms with van der Waals surface area (Å²) in [4.78, 5) is 41.1. The first kappa shape index (κ1) is 26.9. The maximum atomic E-state index is 13.2. The van der Waals surface area contributed by atoms with Crippen molar-refractivity contribution in [3.63, 3.8) is 0 Å². The molecule has 2 fully saturated rings. The molecule has 2 heterocycles. The van der Waals surface area contributed by atoms with E-state index in [0.29, 0.717) is 55.9 Å². The second-order valence-corrected chi connectivity index (χ2v) is 11.2. The molecule has 0 spiro atoms. The number of aliphatic hydroxyl groups is 1. The highest BCUT2D eigenvalue weighted by molar-refractivity contribution is 6.00. The van der Waals surface area contributed by atoms with E-state index in [1.54, 1.807) is 6.20 Å². The van der Waals surface area contributed by atoms with Crippen molar-refractivity contribution in [2.45, 2.75) is 57.1 Å². The molecule has 7 nitrogen and oxygen atoms in total. The summed E-state index contributed by atoms with van der Waals surface area (Å²) in [6, 6.07) is 20.9. The van der Waals surface area contributed by atoms with Crippen LogP contribution in [0.15, 0.2) is 77.7 Å². The third-order valence-corrected chi connectivity index (χ3v) is 8.06. The minimum atomic E-state index is -1.14. The lowest BCUT2D eigenvalue weighted by Crippen LogP contribution is -2.49. The number of piperidine rings is 1. The number of carbonyl (C=O) groups is 2. The Labute approximate surface area is 229 Å². The first-order valence-electron chi connectivity index (χ1n) is 13.9. The van der Waals surface area contributed by atoms with Crippen LogP contribution in [0.2, 0.25) is 0 Å². The Kier molecular flexibility index (Phi) is 7.98. The summed E-state index contributed by atoms with van der Waals surface area (Å²) in [5.74, 6) is 0.511. The Morgan fingerprint density at radius 2 is 1.67 bits per heavy atom. The number of aromatic nitrogens is 1. The van der Waals surface area contributed by atoms with Crippen molar-refractivity contribution in [3.8, 4) is 11.1 Å². The third-order valence-electron chi connectivity index (χ3n) is 8.06. The van der Waals surface area contributed by atoms with E-state index in [9.17, 15) is 19.5 Å². The van der Waals surface area contributed by atoms with E-state index in [2.05, 4.69) is 12.2 Å². The Hall–Kier alpha value is -3.71. The maximum Gasteiger partial charge on any atom is 0.253 e. The first-order valence-corrected chi connectivity index (χ1v) is 13.9. The quantitative estimate of drug-likeness (QED) is 0.436. The van der Waals surface area contributed by atoms with Crippen molar-refractivity contribution in [2.75, 3.05) is 19.6 Å². The van der Waals surface area contributed by atoms with E-state index in [-0.39, 0.29) is 29.8 Å². The summed E-state index contributed by atoms with van der Waals surface area (Å²) in [7, 11) is 0. The van der Waals surface area contributed by atoms with Gasteiger partial charge in [0.05, 0.1) is 17.7 Å². The van der Waals surface area contributed by atoms with Crippen molar-refractivity contribution in [3.05, 3.63) is 94.4 Å². The topological polar surface area (TPSA) is 91.6 Å². The first-order chi connectivity index (χ1) is 18.8. The Bertz CT molecular complexity index is 1360. The molecule has 5 rings (SSSR count). The van der Waals surface area contributed by atoms with Crippen molar-refractivity contribution in [1.29, 1.82) is 0 Å². The predicted molar refractivity (Wildman–Crippen MR) is 151 cm³/mol. The van der Waals surface area contributed by atoms with Gasteiger partial charge in [-0.25, -0.2) is 0 Å². The molecule has 2 amide bonds. The predicted octanol–water partition coefficient (Wildman–Crippen LogP) is 4.20. The largest absolute Gasteiger partial charge is 0.388 e. The standard InChI is InChI=1S/C32H37N3O4/c1-23(25-8-4-2-5-9-25)18-29(36)34-16-14-32(39,15-17-34)22-35-21-28(31(38)33-20-24-12-13-24)27(19-30(35)37)26-10-6-3-7-11-26/h2-11,19,21,23-24,39H,12-18,20,22H2,1H3,(H,33,38). The van der Waals surface area contributed by atoms with Gasteiger partial charge in [0, 0.05) is 43.9 Å². The fraction of sp³-hybridized carbons (Fsp3) is 0.406. The van der Waals surface area contributed by atoms with E-state index >= 15 is 0 Å². The van der Waals surface area contributed by atoms with Crippen LogP contribution in [0.5, 0.6) is 0 Å². The number of likely N-dealkylation sites (tertiary alicyclic amines) is 1. The highest BCUT2D eigenvalue weighted by Crippen LogP contribution is 2.29. The van der Waals surface area contributed by atoms with Gasteiger partial charge < -0.3 is 19.9 Å². The van der Waals surface area contributed by atoms with Gasteiger partial charge in [0.2, 0.25) is 5.91 Å². The van der Waals surface area contributed by atoms with Crippen molar-refractivity contribution in [1.82, 2.24) is 14.8 Å². The van der Waals surface area contributed by atoms with Gasteiger partial charge in [-0.05, 0) is 48.6 Å². The lowest BCUT2D eigenvalue weighted by atomic mass is 9.90. The number of hydrogen-bond acceptors (Lipinski definition) is 4. The molecule has 1 saturated heterocycles. The molecular weight excluding hydrogens is 490 g/mol. The molecule has 0 radical (unpaired) electrons. The molecule has 7 heteroatoms. The molecule has 1 saturated carbocycles. The summed E-state index contributed by atoms with van der Waals surface area (Å²) >= 11 is 0. The lowest BCUT2D eigenvalue weighted by Gasteiger charge is -2.39. The summed E-state index contributed by atoms with van der Waals surface area (Å²) in [6.45, 7) is 3.62. The molecule has 3 aromatic rings. The van der Waals surface area contributed by atoms with Crippen LogP contribution in [0.1, 0.15) is 60.9 Å². The van der Waals surface area contributed by atoms with Crippen molar-refractivity contribution >= 4 is 11.8 Å². The van der Waals surface area contributed by atoms with E-state index < -0.39 is 5.60 Å². The monoisotopic (exact) mass is 527 g/mol. The summed E-state index contributed by atoms with van der Waals surface area (Å²) in [5, 5.41) is 14.4. The molecular formula is C32H37N3O4. The minimum absolute atomic E-state index is 0.0757. The number of pyridine rings is 1. The van der Waals surface area contributed by atoms with Gasteiger partial charge in [-0.1, -0.05) is 67.6 Å². The van der Waals surface area contributed by atoms with Crippen LogP contribution in [0.25, 0.3) is 11.1 Å². The lowest BCUT2D eigenvalue weighted by molar-refractivity contribution is -0.136. The van der Waals surface area contributed by atoms with Crippen LogP contribution in [0.4, 0.5) is 0 Å². The molecule has 2 aromatic carbocycles. The van der Waals surface area contributed by atoms with Crippen LogP contribution in [0, 0.1) is 5.92 Å². The van der Waals surface area contributed by atoms with E-state index in [4.69, 9.17) is 0 Å². The average Bonchev–Trinajstić information content (AvgIpc) is 3.78. The normalized spacial score (nSPS) is 17.4. The Morgan fingerprint density at radius 3 is 2.31 bits per heavy atom. The second kappa shape index (κ2) is 11.6. The number of nitrogens with one attached hydrogen (secondary N) is 1. The number of hydrogen-bond donors (Lipinski definition) is 2. The zero-order valence-corrected chi connectivity index (χ0v) is 22.5. The average molecular weight is 528 g/mol. The van der Waals surface area contributed by atoms with Gasteiger partial charge in [0.15, 0.2) is 0 Å². The maximum absolute atomic E-state index is 13.2. The van der Waals surface area contributed by atoms with Gasteiger partial charge in [-0.2, -0.15) is 0 Å². The molecule has 204 valence electrons. The smallest absolute Gasteiger partial charge is 0.253 e. The molecule has 1 unspecified atom stereocenters. The van der Waals surface area contributed by atoms with Crippen LogP contribution >= 0.6 is 0 Å². The van der Waals surface area contributed by atoms with Gasteiger partial charge in [-0.15, -0.1) is 0 Å². The SMILES string of the molecule is CC(CC(=O)N1CCC(O)(Cn2cc(C(=O)NCC3CC3)c(-c3ccccc3)cc2=O)CC1)c1ccccc1. The van der Waals surface area contributed by atoms with Crippen molar-refractivity contribution < 1.29 is 14.7 Å². The highest BCUT2D eigenvalue weighted by Gasteiger charge is 2.35. The molecule has 1 aliphatic heterocycles. The molecule has 39 heavy (non-hydrogen) atoms. The summed E-state index contributed by atoms with van der Waals surface area (Å²) in [6.07, 6.45) is 5.00. The van der Waals surface area contributed by atoms with Crippen LogP contribution in [-0.4, -0.2) is 51.6 Å². The third kappa shape index (κ3) is 6.66. The van der Waals surface area contributed by atoms with E-state index in [0.717, 1.165) is 24.0 Å². The minimum Gasteiger partial charge on any atom is -0.388 e. The number of carbonyl (C=O) groups excluding carboxylic acids is 2. The fourth-order valence-corrected chi connectivity index (χ4v) is 5.33. The molecule has 1 aromatic heterocycles. The molecule has 0 bridgehead atoms. The van der Waals surface area contributed by atoms with Crippen molar-refractivity contribution in [2.24, 2.45) is 5.92 Å². The van der Waals surface area contributed by atoms with E-state index in [1.165, 1.54) is 10.6 Å². The highest BCUT2D eigenvalue weighted by atomic mass is 16.3. The number of rotatable bonds is 9. The van der Waals surface area contributed by atoms with Crippen LogP contribution < -0.4 is 10.9 Å². The van der Waals surface area contributed by atoms with Gasteiger partial charge in [0.25, 0.3) is 11.5 Å². The van der Waals surface area contributed by atoms with Crippen LogP contribution in [0.3, 0.4) is 0 Å². The van der Waals surface area contributed by atoms with Gasteiger partial charge in [0.1, 0.15) is 0 Å². The number of amides is 2. The van der Waals surface area contributed by atoms with Gasteiger partial charge >= 0.3 is 0 Å². The zero-order chi connectivity index (χ0) is 27.4. The molecule has 1 atom stereocenters. The molecule has 1 aliphatic carbocycles. The summed E-state index contributed by atoms with van der Waals surface area (Å²) in [5.41, 5.74) is 1.54.